The number of nitrogens with one attached hydrogen (secondary N) is 3. The van der Waals surface area contributed by atoms with Crippen LogP contribution in [-0.2, 0) is 4.79 Å². The Balaban J connectivity index is 1.56. The van der Waals surface area contributed by atoms with Crippen LogP contribution in [0.2, 0.25) is 5.02 Å². The highest BCUT2D eigenvalue weighted by Gasteiger charge is 2.15. The fourth-order valence-electron chi connectivity index (χ4n) is 2.56. The Morgan fingerprint density at radius 2 is 1.94 bits per heavy atom. The number of para-hydroxylation sites is 1. The van der Waals surface area contributed by atoms with Crippen LogP contribution in [0.3, 0.4) is 0 Å². The van der Waals surface area contributed by atoms with Gasteiger partial charge in [0.15, 0.2) is 4.34 Å². The van der Waals surface area contributed by atoms with Crippen LogP contribution in [-0.4, -0.2) is 33.8 Å². The summed E-state index contributed by atoms with van der Waals surface area (Å²) in [7, 11) is 0. The summed E-state index contributed by atoms with van der Waals surface area (Å²) in [4.78, 5) is 24.7. The molecule has 0 spiro atoms. The van der Waals surface area contributed by atoms with E-state index in [-0.39, 0.29) is 23.6 Å². The monoisotopic (exact) mass is 475 g/mol. The van der Waals surface area contributed by atoms with Crippen LogP contribution in [0.4, 0.5) is 16.5 Å². The number of aryl methyl sites for hydroxylation is 1. The van der Waals surface area contributed by atoms with Gasteiger partial charge in [-0.15, -0.1) is 10.2 Å². The van der Waals surface area contributed by atoms with E-state index in [0.29, 0.717) is 25.7 Å². The number of hydrogen-bond donors (Lipinski definition) is 3. The van der Waals surface area contributed by atoms with Crippen LogP contribution in [0.25, 0.3) is 0 Å². The number of thioether (sulfide) groups is 1. The number of anilines is 3. The summed E-state index contributed by atoms with van der Waals surface area (Å²) in [6.45, 7) is 5.70. The van der Waals surface area contributed by atoms with Gasteiger partial charge in [0.05, 0.1) is 17.0 Å². The summed E-state index contributed by atoms with van der Waals surface area (Å²) in [5, 5.41) is 18.3. The van der Waals surface area contributed by atoms with E-state index in [2.05, 4.69) is 26.1 Å². The minimum Gasteiger partial charge on any atom is -0.350 e. The molecule has 2 amide bonds. The van der Waals surface area contributed by atoms with Gasteiger partial charge in [-0.2, -0.15) is 0 Å². The topological polar surface area (TPSA) is 96.0 Å². The summed E-state index contributed by atoms with van der Waals surface area (Å²) < 4.78 is 0.654. The van der Waals surface area contributed by atoms with E-state index in [0.717, 1.165) is 11.3 Å². The van der Waals surface area contributed by atoms with Gasteiger partial charge in [-0.1, -0.05) is 52.9 Å². The maximum absolute atomic E-state index is 12.4. The lowest BCUT2D eigenvalue weighted by molar-refractivity contribution is -0.113. The van der Waals surface area contributed by atoms with Gasteiger partial charge in [0, 0.05) is 16.8 Å². The maximum Gasteiger partial charge on any atom is 0.253 e. The van der Waals surface area contributed by atoms with Crippen molar-refractivity contribution in [2.45, 2.75) is 31.2 Å². The number of aromatic nitrogens is 2. The second-order valence-corrected chi connectivity index (χ2v) is 9.58. The molecule has 2 aromatic carbocycles. The standard InChI is InChI=1S/C21H22ClN5O2S2/c1-12(2)23-19(29)15-6-4-5-7-17(15)25-18(28)11-30-21-27-26-20(31-21)24-14-9-8-13(3)16(22)10-14/h4-10,12H,11H2,1-3H3,(H,23,29)(H,24,26)(H,25,28). The summed E-state index contributed by atoms with van der Waals surface area (Å²) in [5.74, 6) is -0.315. The minimum atomic E-state index is -0.232. The molecule has 0 aliphatic rings. The number of carbonyl (C=O) groups is 2. The van der Waals surface area contributed by atoms with E-state index >= 15 is 0 Å². The average Bonchev–Trinajstić information content (AvgIpc) is 3.16. The molecule has 0 saturated heterocycles. The Morgan fingerprint density at radius 1 is 1.16 bits per heavy atom. The third-order valence-electron chi connectivity index (χ3n) is 4.02. The quantitative estimate of drug-likeness (QED) is 0.391. The zero-order valence-electron chi connectivity index (χ0n) is 17.2. The predicted octanol–water partition coefficient (Wildman–Crippen LogP) is 5.11. The van der Waals surface area contributed by atoms with Crippen molar-refractivity contribution in [1.82, 2.24) is 15.5 Å². The Morgan fingerprint density at radius 3 is 2.68 bits per heavy atom. The van der Waals surface area contributed by atoms with Gasteiger partial charge in [-0.3, -0.25) is 9.59 Å². The largest absolute Gasteiger partial charge is 0.350 e. The number of rotatable bonds is 8. The Labute approximate surface area is 194 Å². The van der Waals surface area contributed by atoms with E-state index in [9.17, 15) is 9.59 Å². The fourth-order valence-corrected chi connectivity index (χ4v) is 4.31. The number of halogens is 1. The van der Waals surface area contributed by atoms with Gasteiger partial charge in [-0.05, 0) is 50.6 Å². The van der Waals surface area contributed by atoms with E-state index in [1.807, 2.05) is 39.0 Å². The molecular weight excluding hydrogens is 454 g/mol. The highest BCUT2D eigenvalue weighted by atomic mass is 35.5. The zero-order valence-corrected chi connectivity index (χ0v) is 19.6. The normalized spacial score (nSPS) is 10.7. The molecule has 3 aromatic rings. The molecule has 0 aliphatic carbocycles. The summed E-state index contributed by atoms with van der Waals surface area (Å²) in [6, 6.07) is 12.6. The second-order valence-electron chi connectivity index (χ2n) is 6.97. The van der Waals surface area contributed by atoms with Crippen molar-refractivity contribution in [3.8, 4) is 0 Å². The minimum absolute atomic E-state index is 0.00274. The zero-order chi connectivity index (χ0) is 22.4. The van der Waals surface area contributed by atoms with Crippen molar-refractivity contribution in [3.05, 3.63) is 58.6 Å². The molecule has 3 N–H and O–H groups in total. The Bertz CT molecular complexity index is 1090. The van der Waals surface area contributed by atoms with Crippen LogP contribution in [0.1, 0.15) is 29.8 Å². The molecule has 0 bridgehead atoms. The molecule has 0 radical (unpaired) electrons. The Hall–Kier alpha value is -2.62. The van der Waals surface area contributed by atoms with E-state index < -0.39 is 0 Å². The predicted molar refractivity (Wildman–Crippen MR) is 128 cm³/mol. The lowest BCUT2D eigenvalue weighted by Gasteiger charge is -2.12. The summed E-state index contributed by atoms with van der Waals surface area (Å²) >= 11 is 8.76. The van der Waals surface area contributed by atoms with Gasteiger partial charge in [-0.25, -0.2) is 0 Å². The number of carbonyl (C=O) groups excluding carboxylic acids is 2. The van der Waals surface area contributed by atoms with Crippen molar-refractivity contribution >= 4 is 63.0 Å². The SMILES string of the molecule is Cc1ccc(Nc2nnc(SCC(=O)Nc3ccccc3C(=O)NC(C)C)s2)cc1Cl. The van der Waals surface area contributed by atoms with Crippen LogP contribution >= 0.6 is 34.7 Å². The van der Waals surface area contributed by atoms with Crippen molar-refractivity contribution in [2.75, 3.05) is 16.4 Å². The van der Waals surface area contributed by atoms with E-state index in [1.54, 1.807) is 24.3 Å². The number of nitrogens with zero attached hydrogens (tertiary/aromatic N) is 2. The third-order valence-corrected chi connectivity index (χ3v) is 6.40. The maximum atomic E-state index is 12.4. The fraction of sp³-hybridized carbons (Fsp3) is 0.238. The van der Waals surface area contributed by atoms with Gasteiger partial charge in [0.25, 0.3) is 5.91 Å². The van der Waals surface area contributed by atoms with Gasteiger partial charge in [0.2, 0.25) is 11.0 Å². The molecule has 0 aliphatic heterocycles. The molecule has 0 saturated carbocycles. The van der Waals surface area contributed by atoms with Gasteiger partial charge in [0.1, 0.15) is 0 Å². The first-order chi connectivity index (χ1) is 14.8. The first kappa shape index (κ1) is 23.1. The molecule has 0 atom stereocenters. The number of amides is 2. The molecule has 0 fully saturated rings. The molecule has 1 aromatic heterocycles. The van der Waals surface area contributed by atoms with Crippen molar-refractivity contribution < 1.29 is 9.59 Å². The Kier molecular flexibility index (Phi) is 7.89. The molecule has 162 valence electrons. The highest BCUT2D eigenvalue weighted by Crippen LogP contribution is 2.29. The van der Waals surface area contributed by atoms with Crippen molar-refractivity contribution in [1.29, 1.82) is 0 Å². The van der Waals surface area contributed by atoms with E-state index in [1.165, 1.54) is 23.1 Å². The summed E-state index contributed by atoms with van der Waals surface area (Å²) in [5.41, 5.74) is 2.71. The number of benzene rings is 2. The first-order valence-corrected chi connectivity index (χ1v) is 11.7. The molecular formula is C21H22ClN5O2S2. The van der Waals surface area contributed by atoms with Gasteiger partial charge < -0.3 is 16.0 Å². The second kappa shape index (κ2) is 10.6. The van der Waals surface area contributed by atoms with Crippen LogP contribution in [0.15, 0.2) is 46.8 Å². The van der Waals surface area contributed by atoms with Crippen LogP contribution in [0, 0.1) is 6.92 Å². The lowest BCUT2D eigenvalue weighted by Crippen LogP contribution is -2.31. The van der Waals surface area contributed by atoms with Crippen LogP contribution in [0.5, 0.6) is 0 Å². The van der Waals surface area contributed by atoms with Crippen LogP contribution < -0.4 is 16.0 Å². The average molecular weight is 476 g/mol. The van der Waals surface area contributed by atoms with Crippen molar-refractivity contribution in [2.24, 2.45) is 0 Å². The smallest absolute Gasteiger partial charge is 0.253 e. The van der Waals surface area contributed by atoms with Crippen molar-refractivity contribution in [3.63, 3.8) is 0 Å². The van der Waals surface area contributed by atoms with E-state index in [4.69, 9.17) is 11.6 Å². The van der Waals surface area contributed by atoms with Gasteiger partial charge >= 0.3 is 0 Å². The lowest BCUT2D eigenvalue weighted by atomic mass is 10.1. The number of hydrogen-bond acceptors (Lipinski definition) is 7. The summed E-state index contributed by atoms with van der Waals surface area (Å²) in [6.07, 6.45) is 0. The molecule has 3 rings (SSSR count). The third kappa shape index (κ3) is 6.68. The molecule has 1 heterocycles. The first-order valence-electron chi connectivity index (χ1n) is 9.51. The molecule has 7 nitrogen and oxygen atoms in total. The molecule has 31 heavy (non-hydrogen) atoms. The highest BCUT2D eigenvalue weighted by molar-refractivity contribution is 8.01. The molecule has 0 unspecified atom stereocenters. The molecule has 10 heteroatoms.